The van der Waals surface area contributed by atoms with Crippen molar-refractivity contribution in [1.82, 2.24) is 15.1 Å². The largest absolute Gasteiger partial charge is 0.419 e. The zero-order valence-electron chi connectivity index (χ0n) is 13.4. The molecule has 2 aromatic carbocycles. The molecule has 1 unspecified atom stereocenters. The van der Waals surface area contributed by atoms with Crippen LogP contribution in [0.5, 0.6) is 0 Å². The summed E-state index contributed by atoms with van der Waals surface area (Å²) in [6.07, 6.45) is 2.25. The zero-order chi connectivity index (χ0) is 16.5. The van der Waals surface area contributed by atoms with E-state index in [0.29, 0.717) is 29.4 Å². The smallest absolute Gasteiger partial charge is 0.249 e. The molecule has 1 aromatic heterocycles. The molecule has 4 nitrogen and oxygen atoms in total. The van der Waals surface area contributed by atoms with Gasteiger partial charge in [0.2, 0.25) is 11.8 Å². The maximum atomic E-state index is 6.20. The fourth-order valence-corrected chi connectivity index (χ4v) is 3.59. The molecule has 0 spiro atoms. The van der Waals surface area contributed by atoms with Crippen LogP contribution in [0.4, 0.5) is 0 Å². The van der Waals surface area contributed by atoms with Crippen molar-refractivity contribution in [3.63, 3.8) is 0 Å². The molecule has 4 rings (SSSR count). The summed E-state index contributed by atoms with van der Waals surface area (Å²) in [5, 5.41) is 8.94. The number of benzene rings is 2. The lowest BCUT2D eigenvalue weighted by molar-refractivity contribution is 0.214. The average molecular weight is 340 g/mol. The normalized spacial score (nSPS) is 16.5. The highest BCUT2D eigenvalue weighted by Crippen LogP contribution is 2.35. The van der Waals surface area contributed by atoms with Crippen LogP contribution >= 0.6 is 11.6 Å². The van der Waals surface area contributed by atoms with E-state index < -0.39 is 0 Å². The summed E-state index contributed by atoms with van der Waals surface area (Å²) in [5.41, 5.74) is 3.62. The maximum Gasteiger partial charge on any atom is 0.249 e. The van der Waals surface area contributed by atoms with Crippen molar-refractivity contribution in [2.75, 3.05) is 7.05 Å². The van der Waals surface area contributed by atoms with Crippen LogP contribution in [0.2, 0.25) is 5.02 Å². The van der Waals surface area contributed by atoms with Crippen molar-refractivity contribution in [1.29, 1.82) is 0 Å². The summed E-state index contributed by atoms with van der Waals surface area (Å²) in [7, 11) is 2.10. The Morgan fingerprint density at radius 3 is 2.79 bits per heavy atom. The van der Waals surface area contributed by atoms with E-state index >= 15 is 0 Å². The molecule has 5 heteroatoms. The summed E-state index contributed by atoms with van der Waals surface area (Å²) < 4.78 is 5.82. The molecule has 0 bridgehead atoms. The summed E-state index contributed by atoms with van der Waals surface area (Å²) in [4.78, 5) is 2.27. The number of rotatable bonds is 4. The van der Waals surface area contributed by atoms with E-state index in [4.69, 9.17) is 16.0 Å². The van der Waals surface area contributed by atoms with Gasteiger partial charge in [0.05, 0.1) is 17.1 Å². The molecule has 0 saturated heterocycles. The topological polar surface area (TPSA) is 42.2 Å². The molecule has 1 atom stereocenters. The Bertz CT molecular complexity index is 861. The van der Waals surface area contributed by atoms with Crippen molar-refractivity contribution in [3.05, 3.63) is 70.6 Å². The van der Waals surface area contributed by atoms with Crippen LogP contribution in [-0.2, 0) is 13.0 Å². The van der Waals surface area contributed by atoms with Crippen LogP contribution < -0.4 is 0 Å². The molecule has 0 N–H and O–H groups in total. The molecule has 0 aliphatic heterocycles. The van der Waals surface area contributed by atoms with Gasteiger partial charge in [0.15, 0.2) is 0 Å². The quantitative estimate of drug-likeness (QED) is 0.701. The van der Waals surface area contributed by atoms with Gasteiger partial charge in [-0.2, -0.15) is 0 Å². The predicted molar refractivity (Wildman–Crippen MR) is 93.7 cm³/mol. The molecular formula is C19H18ClN3O. The van der Waals surface area contributed by atoms with Crippen molar-refractivity contribution in [3.8, 4) is 11.5 Å². The zero-order valence-corrected chi connectivity index (χ0v) is 14.2. The minimum atomic E-state index is 0.400. The van der Waals surface area contributed by atoms with Gasteiger partial charge >= 0.3 is 0 Å². The lowest BCUT2D eigenvalue weighted by Gasteiger charge is -2.23. The fourth-order valence-electron chi connectivity index (χ4n) is 3.38. The van der Waals surface area contributed by atoms with E-state index in [1.54, 1.807) is 0 Å². The highest BCUT2D eigenvalue weighted by molar-refractivity contribution is 6.33. The monoisotopic (exact) mass is 339 g/mol. The third-order valence-corrected chi connectivity index (χ3v) is 4.92. The second kappa shape index (κ2) is 6.38. The van der Waals surface area contributed by atoms with Gasteiger partial charge in [0.25, 0.3) is 0 Å². The first-order valence-corrected chi connectivity index (χ1v) is 8.45. The summed E-state index contributed by atoms with van der Waals surface area (Å²) in [5.74, 6) is 1.08. The van der Waals surface area contributed by atoms with Gasteiger partial charge in [-0.1, -0.05) is 48.0 Å². The Hall–Kier alpha value is -2.17. The number of aryl methyl sites for hydroxylation is 1. The highest BCUT2D eigenvalue weighted by atomic mass is 35.5. The van der Waals surface area contributed by atoms with Gasteiger partial charge in [0.1, 0.15) is 0 Å². The number of hydrogen-bond acceptors (Lipinski definition) is 4. The Labute approximate surface area is 146 Å². The van der Waals surface area contributed by atoms with E-state index in [1.165, 1.54) is 11.1 Å². The van der Waals surface area contributed by atoms with E-state index in [9.17, 15) is 0 Å². The molecule has 1 heterocycles. The van der Waals surface area contributed by atoms with Gasteiger partial charge in [0, 0.05) is 6.04 Å². The highest BCUT2D eigenvalue weighted by Gasteiger charge is 2.26. The second-order valence-electron chi connectivity index (χ2n) is 6.15. The van der Waals surface area contributed by atoms with E-state index in [2.05, 4.69) is 46.4 Å². The maximum absolute atomic E-state index is 6.20. The number of nitrogens with zero attached hydrogens (tertiary/aromatic N) is 3. The standard InChI is InChI=1S/C19H18ClN3O/c1-23(17-11-10-13-6-2-3-7-14(13)17)12-18-21-22-19(24-18)15-8-4-5-9-16(15)20/h2-9,17H,10-12H2,1H3. The minimum Gasteiger partial charge on any atom is -0.419 e. The number of fused-ring (bicyclic) bond motifs is 1. The van der Waals surface area contributed by atoms with Crippen LogP contribution in [0.15, 0.2) is 52.9 Å². The number of aromatic nitrogens is 2. The van der Waals surface area contributed by atoms with Crippen molar-refractivity contribution >= 4 is 11.6 Å². The molecule has 0 radical (unpaired) electrons. The first-order chi connectivity index (χ1) is 11.7. The van der Waals surface area contributed by atoms with Gasteiger partial charge in [-0.05, 0) is 43.1 Å². The van der Waals surface area contributed by atoms with Crippen molar-refractivity contribution in [2.45, 2.75) is 25.4 Å². The van der Waals surface area contributed by atoms with Gasteiger partial charge in [-0.25, -0.2) is 0 Å². The van der Waals surface area contributed by atoms with Gasteiger partial charge in [-0.3, -0.25) is 4.90 Å². The Kier molecular flexibility index (Phi) is 4.08. The average Bonchev–Trinajstić information content (AvgIpc) is 3.22. The molecule has 0 amide bonds. The van der Waals surface area contributed by atoms with Crippen molar-refractivity contribution < 1.29 is 4.42 Å². The molecule has 1 aliphatic carbocycles. The molecule has 0 fully saturated rings. The van der Waals surface area contributed by atoms with Gasteiger partial charge in [-0.15, -0.1) is 10.2 Å². The molecule has 122 valence electrons. The molecule has 0 saturated carbocycles. The van der Waals surface area contributed by atoms with Crippen LogP contribution in [0.25, 0.3) is 11.5 Å². The van der Waals surface area contributed by atoms with Crippen LogP contribution in [-0.4, -0.2) is 22.1 Å². The van der Waals surface area contributed by atoms with E-state index in [0.717, 1.165) is 18.4 Å². The minimum absolute atomic E-state index is 0.400. The Balaban J connectivity index is 1.52. The predicted octanol–water partition coefficient (Wildman–Crippen LogP) is 4.51. The summed E-state index contributed by atoms with van der Waals surface area (Å²) in [6, 6.07) is 16.5. The number of halogens is 1. The second-order valence-corrected chi connectivity index (χ2v) is 6.56. The lowest BCUT2D eigenvalue weighted by Crippen LogP contribution is -2.22. The molecular weight excluding hydrogens is 322 g/mol. The fraction of sp³-hybridized carbons (Fsp3) is 0.263. The molecule has 24 heavy (non-hydrogen) atoms. The third kappa shape index (κ3) is 2.83. The van der Waals surface area contributed by atoms with Crippen LogP contribution in [0.3, 0.4) is 0 Å². The molecule has 1 aliphatic rings. The Morgan fingerprint density at radius 1 is 1.12 bits per heavy atom. The van der Waals surface area contributed by atoms with Gasteiger partial charge < -0.3 is 4.42 Å². The first-order valence-electron chi connectivity index (χ1n) is 8.07. The summed E-state index contributed by atoms with van der Waals surface area (Å²) in [6.45, 7) is 0.621. The SMILES string of the molecule is CN(Cc1nnc(-c2ccccc2Cl)o1)C1CCc2ccccc21. The van der Waals surface area contributed by atoms with Crippen LogP contribution in [0.1, 0.15) is 29.5 Å². The van der Waals surface area contributed by atoms with Crippen LogP contribution in [0, 0.1) is 0 Å². The van der Waals surface area contributed by atoms with E-state index in [1.807, 2.05) is 24.3 Å². The third-order valence-electron chi connectivity index (χ3n) is 4.59. The van der Waals surface area contributed by atoms with E-state index in [-0.39, 0.29) is 0 Å². The lowest BCUT2D eigenvalue weighted by atomic mass is 10.1. The first kappa shape index (κ1) is 15.4. The summed E-state index contributed by atoms with van der Waals surface area (Å²) >= 11 is 6.20. The van der Waals surface area contributed by atoms with Crippen molar-refractivity contribution in [2.24, 2.45) is 0 Å². The Morgan fingerprint density at radius 2 is 1.92 bits per heavy atom. The molecule has 3 aromatic rings. The number of hydrogen-bond donors (Lipinski definition) is 0.